The fourth-order valence-corrected chi connectivity index (χ4v) is 7.07. The van der Waals surface area contributed by atoms with Crippen LogP contribution in [0.2, 0.25) is 0 Å². The number of benzene rings is 4. The molecule has 3 N–H and O–H groups in total. The average molecular weight is 703 g/mol. The first-order chi connectivity index (χ1) is 23.9. The second-order valence-corrected chi connectivity index (χ2v) is 13.9. The number of carbonyl (C=O) groups excluding carboxylic acids is 2. The predicted octanol–water partition coefficient (Wildman–Crippen LogP) is 7.89. The molecule has 1 atom stereocenters. The summed E-state index contributed by atoms with van der Waals surface area (Å²) in [7, 11) is 0.196. The van der Waals surface area contributed by atoms with Gasteiger partial charge in [0.25, 0.3) is 5.91 Å². The van der Waals surface area contributed by atoms with Crippen molar-refractivity contribution in [3.05, 3.63) is 119 Å². The summed E-state index contributed by atoms with van der Waals surface area (Å²) < 4.78 is 42.2. The van der Waals surface area contributed by atoms with E-state index in [4.69, 9.17) is 5.11 Å². The van der Waals surface area contributed by atoms with Crippen LogP contribution in [0, 0.1) is 6.92 Å². The lowest BCUT2D eigenvalue weighted by atomic mass is 9.84. The van der Waals surface area contributed by atoms with Gasteiger partial charge in [-0.2, -0.15) is 8.78 Å². The minimum atomic E-state index is -4.10. The maximum absolute atomic E-state index is 14.0. The SMILES string of the molecule is Cc1ccc(NC(=O)N(Cc2ccc(C(=O)NCC(F)(F)C(=O)O)cc2)c2ccc(C3CCCCC3)cc2)cc1S(=O)N(C)c1ccccc1. The van der Waals surface area contributed by atoms with Gasteiger partial charge in [0.05, 0.1) is 18.0 Å². The van der Waals surface area contributed by atoms with Gasteiger partial charge in [0.2, 0.25) is 0 Å². The number of carboxylic acids is 1. The van der Waals surface area contributed by atoms with Crippen LogP contribution < -0.4 is 19.8 Å². The maximum atomic E-state index is 14.0. The fraction of sp³-hybridized carbons (Fsp3) is 0.289. The number of aliphatic carboxylic acids is 1. The number of hydrogen-bond donors (Lipinski definition) is 3. The predicted molar refractivity (Wildman–Crippen MR) is 191 cm³/mol. The molecular formula is C38H40F2N4O5S. The lowest BCUT2D eigenvalue weighted by Crippen LogP contribution is -2.42. The van der Waals surface area contributed by atoms with Crippen molar-refractivity contribution < 1.29 is 32.5 Å². The highest BCUT2D eigenvalue weighted by Gasteiger charge is 2.39. The summed E-state index contributed by atoms with van der Waals surface area (Å²) in [4.78, 5) is 39.2. The van der Waals surface area contributed by atoms with Gasteiger partial charge in [-0.15, -0.1) is 0 Å². The van der Waals surface area contributed by atoms with E-state index in [2.05, 4.69) is 17.4 Å². The molecule has 1 unspecified atom stereocenters. The molecule has 0 aromatic heterocycles. The van der Waals surface area contributed by atoms with E-state index in [1.165, 1.54) is 37.0 Å². The van der Waals surface area contributed by atoms with Crippen molar-refractivity contribution in [1.29, 1.82) is 0 Å². The van der Waals surface area contributed by atoms with Gasteiger partial charge in [-0.05, 0) is 90.9 Å². The number of carbonyl (C=O) groups is 3. The number of para-hydroxylation sites is 1. The molecule has 4 aromatic carbocycles. The van der Waals surface area contributed by atoms with Crippen molar-refractivity contribution in [2.75, 3.05) is 28.1 Å². The summed E-state index contributed by atoms with van der Waals surface area (Å²) in [6.07, 6.45) is 5.90. The van der Waals surface area contributed by atoms with Gasteiger partial charge >= 0.3 is 17.9 Å². The van der Waals surface area contributed by atoms with Crippen molar-refractivity contribution in [1.82, 2.24) is 5.32 Å². The molecule has 1 aliphatic carbocycles. The molecule has 3 amide bonds. The quantitative estimate of drug-likeness (QED) is 0.139. The lowest BCUT2D eigenvalue weighted by Gasteiger charge is -2.26. The zero-order valence-electron chi connectivity index (χ0n) is 27.9. The van der Waals surface area contributed by atoms with E-state index < -0.39 is 41.4 Å². The molecule has 1 saturated carbocycles. The van der Waals surface area contributed by atoms with Gasteiger partial charge < -0.3 is 15.7 Å². The second-order valence-electron chi connectivity index (χ2n) is 12.4. The highest BCUT2D eigenvalue weighted by molar-refractivity contribution is 7.86. The summed E-state index contributed by atoms with van der Waals surface area (Å²) in [5.41, 5.74) is 4.62. The molecule has 0 bridgehead atoms. The number of amides is 3. The summed E-state index contributed by atoms with van der Waals surface area (Å²) in [5, 5.41) is 13.5. The third kappa shape index (κ3) is 8.92. The van der Waals surface area contributed by atoms with E-state index in [1.807, 2.05) is 54.7 Å². The third-order valence-corrected chi connectivity index (χ3v) is 10.4. The van der Waals surface area contributed by atoms with Crippen LogP contribution in [0.1, 0.15) is 65.1 Å². The molecule has 4 aromatic rings. The highest BCUT2D eigenvalue weighted by atomic mass is 32.2. The Kier molecular flexibility index (Phi) is 11.6. The maximum Gasteiger partial charge on any atom is 0.376 e. The first kappa shape index (κ1) is 36.2. The number of carboxylic acid groups (broad SMARTS) is 1. The number of urea groups is 1. The monoisotopic (exact) mass is 702 g/mol. The average Bonchev–Trinajstić information content (AvgIpc) is 3.14. The first-order valence-electron chi connectivity index (χ1n) is 16.4. The van der Waals surface area contributed by atoms with Crippen LogP contribution in [0.15, 0.2) is 102 Å². The summed E-state index contributed by atoms with van der Waals surface area (Å²) >= 11 is 0. The van der Waals surface area contributed by atoms with Crippen LogP contribution in [0.5, 0.6) is 0 Å². The van der Waals surface area contributed by atoms with Gasteiger partial charge in [-0.25, -0.2) is 13.8 Å². The largest absolute Gasteiger partial charge is 0.477 e. The number of halogens is 2. The normalized spacial score (nSPS) is 14.0. The molecule has 1 aliphatic rings. The number of nitrogens with zero attached hydrogens (tertiary/aromatic N) is 2. The number of rotatable bonds is 12. The van der Waals surface area contributed by atoms with Gasteiger partial charge in [-0.1, -0.05) is 67.8 Å². The summed E-state index contributed by atoms with van der Waals surface area (Å²) in [6, 6.07) is 28.2. The Labute approximate surface area is 292 Å². The van der Waals surface area contributed by atoms with E-state index in [0.717, 1.165) is 24.1 Å². The fourth-order valence-electron chi connectivity index (χ4n) is 5.89. The molecule has 0 spiro atoms. The molecule has 5 rings (SSSR count). The molecule has 1 fully saturated rings. The van der Waals surface area contributed by atoms with Crippen molar-refractivity contribution in [3.63, 3.8) is 0 Å². The van der Waals surface area contributed by atoms with Crippen molar-refractivity contribution in [2.24, 2.45) is 0 Å². The van der Waals surface area contributed by atoms with E-state index in [9.17, 15) is 27.4 Å². The van der Waals surface area contributed by atoms with E-state index >= 15 is 0 Å². The van der Waals surface area contributed by atoms with E-state index in [1.54, 1.807) is 46.6 Å². The molecule has 262 valence electrons. The zero-order valence-corrected chi connectivity index (χ0v) is 28.7. The molecule has 50 heavy (non-hydrogen) atoms. The lowest BCUT2D eigenvalue weighted by molar-refractivity contribution is -0.163. The van der Waals surface area contributed by atoms with Gasteiger partial charge in [0.1, 0.15) is 0 Å². The molecule has 0 radical (unpaired) electrons. The Bertz CT molecular complexity index is 1830. The zero-order chi connectivity index (χ0) is 35.8. The smallest absolute Gasteiger partial charge is 0.376 e. The third-order valence-electron chi connectivity index (χ3n) is 8.86. The van der Waals surface area contributed by atoms with E-state index in [-0.39, 0.29) is 12.1 Å². The van der Waals surface area contributed by atoms with E-state index in [0.29, 0.717) is 27.8 Å². The van der Waals surface area contributed by atoms with Gasteiger partial charge in [0.15, 0.2) is 11.0 Å². The number of alkyl halides is 2. The minimum Gasteiger partial charge on any atom is -0.477 e. The van der Waals surface area contributed by atoms with Crippen LogP contribution in [0.25, 0.3) is 0 Å². The van der Waals surface area contributed by atoms with Crippen LogP contribution >= 0.6 is 0 Å². The minimum absolute atomic E-state index is 0.0587. The molecule has 0 saturated heterocycles. The molecule has 0 heterocycles. The highest BCUT2D eigenvalue weighted by Crippen LogP contribution is 2.34. The summed E-state index contributed by atoms with van der Waals surface area (Å²) in [6.45, 7) is 0.624. The molecule has 9 nitrogen and oxygen atoms in total. The number of anilines is 3. The Morgan fingerprint density at radius 2 is 1.54 bits per heavy atom. The number of nitrogens with one attached hydrogen (secondary N) is 2. The number of hydrogen-bond acceptors (Lipinski definition) is 4. The number of aryl methyl sites for hydroxylation is 1. The van der Waals surface area contributed by atoms with Crippen LogP contribution in [0.4, 0.5) is 30.6 Å². The van der Waals surface area contributed by atoms with Crippen molar-refractivity contribution in [3.8, 4) is 0 Å². The van der Waals surface area contributed by atoms with Crippen molar-refractivity contribution in [2.45, 2.75) is 62.3 Å². The second kappa shape index (κ2) is 16.1. The van der Waals surface area contributed by atoms with Gasteiger partial charge in [0, 0.05) is 29.7 Å². The van der Waals surface area contributed by atoms with Crippen LogP contribution in [-0.4, -0.2) is 46.7 Å². The van der Waals surface area contributed by atoms with Gasteiger partial charge in [-0.3, -0.25) is 14.0 Å². The Balaban J connectivity index is 1.37. The molecule has 0 aliphatic heterocycles. The Morgan fingerprint density at radius 3 is 2.18 bits per heavy atom. The molecular weight excluding hydrogens is 663 g/mol. The summed E-state index contributed by atoms with van der Waals surface area (Å²) in [5.74, 6) is -6.79. The van der Waals surface area contributed by atoms with Crippen LogP contribution in [-0.2, 0) is 22.3 Å². The Hall–Kier alpha value is -5.10. The topological polar surface area (TPSA) is 119 Å². The first-order valence-corrected chi connectivity index (χ1v) is 17.5. The standard InChI is InChI=1S/C38H40F2N4O5S/c1-26-13-20-31(23-34(26)50(49)43(2)32-11-7-4-8-12-32)42-37(48)44(33-21-18-29(19-22-33)28-9-5-3-6-10-28)24-27-14-16-30(17-15-27)35(45)41-25-38(39,40)36(46)47/h4,7-8,11-23,28H,3,5-6,9-10,24-25H2,1-2H3,(H,41,45)(H,42,48)(H,46,47). The Morgan fingerprint density at radius 1 is 0.880 bits per heavy atom. The van der Waals surface area contributed by atoms with Crippen LogP contribution in [0.3, 0.4) is 0 Å². The van der Waals surface area contributed by atoms with Crippen molar-refractivity contribution >= 4 is 46.0 Å². The molecule has 12 heteroatoms.